The van der Waals surface area contributed by atoms with Crippen molar-refractivity contribution in [3.8, 4) is 28.1 Å². The Labute approximate surface area is 197 Å². The molecular weight excluding hydrogens is 445 g/mol. The van der Waals surface area contributed by atoms with E-state index in [9.17, 15) is 9.50 Å². The standard InChI is InChI=1S/C23H26FN7O.ClH/c1-22(2)9-15(10-23(3,4)30-22)31-21-14(11-26-31)7-18(27-29-21)16-6-5-13(8-19(16)32)17-12-25-28-20(17)24;/h5-8,11-12,15,30,32H,9-10H2,1-4H3,(H,25,28);1H. The number of aromatic amines is 1. The molecule has 0 radical (unpaired) electrons. The number of aromatic hydroxyl groups is 1. The van der Waals surface area contributed by atoms with E-state index in [1.54, 1.807) is 18.3 Å². The van der Waals surface area contributed by atoms with Crippen LogP contribution in [0, 0.1) is 5.95 Å². The molecule has 1 aliphatic heterocycles. The van der Waals surface area contributed by atoms with Gasteiger partial charge in [0.15, 0.2) is 5.65 Å². The quantitative estimate of drug-likeness (QED) is 0.402. The maximum Gasteiger partial charge on any atom is 0.240 e. The molecule has 10 heteroatoms. The predicted octanol–water partition coefficient (Wildman–Crippen LogP) is 4.63. The van der Waals surface area contributed by atoms with Gasteiger partial charge in [0.25, 0.3) is 0 Å². The average Bonchev–Trinajstić information content (AvgIpc) is 3.31. The monoisotopic (exact) mass is 471 g/mol. The first-order valence-corrected chi connectivity index (χ1v) is 10.7. The molecule has 3 N–H and O–H groups in total. The minimum Gasteiger partial charge on any atom is -0.507 e. The molecule has 33 heavy (non-hydrogen) atoms. The molecule has 174 valence electrons. The molecule has 5 rings (SSSR count). The summed E-state index contributed by atoms with van der Waals surface area (Å²) in [6, 6.07) is 7.00. The van der Waals surface area contributed by atoms with Crippen LogP contribution in [0.15, 0.2) is 36.7 Å². The van der Waals surface area contributed by atoms with Crippen LogP contribution < -0.4 is 5.32 Å². The molecule has 4 aromatic rings. The van der Waals surface area contributed by atoms with Gasteiger partial charge in [0, 0.05) is 28.2 Å². The number of halogens is 2. The maximum absolute atomic E-state index is 13.8. The lowest BCUT2D eigenvalue weighted by Gasteiger charge is -2.46. The van der Waals surface area contributed by atoms with Gasteiger partial charge in [-0.25, -0.2) is 4.68 Å². The van der Waals surface area contributed by atoms with E-state index in [0.717, 1.165) is 23.9 Å². The number of rotatable bonds is 3. The molecule has 0 spiro atoms. The van der Waals surface area contributed by atoms with Crippen LogP contribution in [0.3, 0.4) is 0 Å². The van der Waals surface area contributed by atoms with Gasteiger partial charge < -0.3 is 10.4 Å². The lowest BCUT2D eigenvalue weighted by atomic mass is 9.79. The zero-order valence-electron chi connectivity index (χ0n) is 18.9. The minimum atomic E-state index is -0.616. The van der Waals surface area contributed by atoms with Crippen molar-refractivity contribution in [2.75, 3.05) is 0 Å². The van der Waals surface area contributed by atoms with Gasteiger partial charge in [-0.15, -0.1) is 27.7 Å². The number of piperidine rings is 1. The summed E-state index contributed by atoms with van der Waals surface area (Å²) in [6.45, 7) is 8.83. The largest absolute Gasteiger partial charge is 0.507 e. The number of nitrogens with zero attached hydrogens (tertiary/aromatic N) is 5. The third-order valence-electron chi connectivity index (χ3n) is 6.03. The highest BCUT2D eigenvalue weighted by Crippen LogP contribution is 2.38. The van der Waals surface area contributed by atoms with Gasteiger partial charge in [-0.05, 0) is 64.3 Å². The fourth-order valence-electron chi connectivity index (χ4n) is 5.08. The van der Waals surface area contributed by atoms with Crippen molar-refractivity contribution in [1.82, 2.24) is 35.5 Å². The van der Waals surface area contributed by atoms with Crippen molar-refractivity contribution < 1.29 is 9.50 Å². The molecule has 1 aliphatic rings. The summed E-state index contributed by atoms with van der Waals surface area (Å²) in [6.07, 6.45) is 5.11. The van der Waals surface area contributed by atoms with E-state index >= 15 is 0 Å². The fraction of sp³-hybridized carbons (Fsp3) is 0.391. The number of H-pyrrole nitrogens is 1. The van der Waals surface area contributed by atoms with Gasteiger partial charge in [-0.3, -0.25) is 5.10 Å². The third-order valence-corrected chi connectivity index (χ3v) is 6.03. The van der Waals surface area contributed by atoms with E-state index in [4.69, 9.17) is 0 Å². The fourth-order valence-corrected chi connectivity index (χ4v) is 5.08. The van der Waals surface area contributed by atoms with Gasteiger partial charge in [0.2, 0.25) is 5.95 Å². The Bertz CT molecular complexity index is 1300. The molecule has 1 fully saturated rings. The summed E-state index contributed by atoms with van der Waals surface area (Å²) in [7, 11) is 0. The Hall–Kier alpha value is -3.04. The Balaban J connectivity index is 0.00000259. The molecule has 0 aliphatic carbocycles. The number of phenols is 1. The van der Waals surface area contributed by atoms with Crippen molar-refractivity contribution in [3.63, 3.8) is 0 Å². The highest BCUT2D eigenvalue weighted by Gasteiger charge is 2.39. The molecule has 0 atom stereocenters. The molecule has 0 amide bonds. The van der Waals surface area contributed by atoms with Crippen LogP contribution in [0.5, 0.6) is 5.75 Å². The second-order valence-corrected chi connectivity index (χ2v) is 9.87. The van der Waals surface area contributed by atoms with Crippen molar-refractivity contribution in [3.05, 3.63) is 42.6 Å². The Morgan fingerprint density at radius 2 is 1.79 bits per heavy atom. The Morgan fingerprint density at radius 3 is 2.42 bits per heavy atom. The van der Waals surface area contributed by atoms with Crippen LogP contribution >= 0.6 is 12.4 Å². The van der Waals surface area contributed by atoms with Crippen molar-refractivity contribution in [2.24, 2.45) is 0 Å². The van der Waals surface area contributed by atoms with Gasteiger partial charge in [0.1, 0.15) is 5.75 Å². The SMILES string of the molecule is CC1(C)CC(n2ncc3cc(-c4ccc(-c5c[nH]nc5F)cc4O)nnc32)CC(C)(C)N1.Cl. The van der Waals surface area contributed by atoms with E-state index in [-0.39, 0.29) is 35.3 Å². The molecule has 0 saturated carbocycles. The predicted molar refractivity (Wildman–Crippen MR) is 127 cm³/mol. The average molecular weight is 472 g/mol. The van der Waals surface area contributed by atoms with Gasteiger partial charge >= 0.3 is 0 Å². The Morgan fingerprint density at radius 1 is 1.06 bits per heavy atom. The summed E-state index contributed by atoms with van der Waals surface area (Å²) in [5.74, 6) is -0.624. The first-order chi connectivity index (χ1) is 15.1. The van der Waals surface area contributed by atoms with Crippen molar-refractivity contribution >= 4 is 23.4 Å². The van der Waals surface area contributed by atoms with Gasteiger partial charge in [0.05, 0.1) is 23.5 Å². The minimum absolute atomic E-state index is 0. The zero-order valence-corrected chi connectivity index (χ0v) is 19.7. The van der Waals surface area contributed by atoms with Gasteiger partial charge in [-0.2, -0.15) is 9.49 Å². The van der Waals surface area contributed by atoms with E-state index in [1.165, 1.54) is 12.3 Å². The highest BCUT2D eigenvalue weighted by molar-refractivity contribution is 5.85. The highest BCUT2D eigenvalue weighted by atomic mass is 35.5. The van der Waals surface area contributed by atoms with Crippen LogP contribution in [0.25, 0.3) is 33.4 Å². The molecule has 3 aromatic heterocycles. The summed E-state index contributed by atoms with van der Waals surface area (Å²) in [5.41, 5.74) is 2.56. The van der Waals surface area contributed by atoms with Crippen LogP contribution in [0.4, 0.5) is 4.39 Å². The second-order valence-electron chi connectivity index (χ2n) is 9.87. The summed E-state index contributed by atoms with van der Waals surface area (Å²) < 4.78 is 15.7. The van der Waals surface area contributed by atoms with E-state index in [2.05, 4.69) is 58.5 Å². The van der Waals surface area contributed by atoms with Crippen LogP contribution in [-0.4, -0.2) is 46.4 Å². The molecule has 8 nitrogen and oxygen atoms in total. The number of hydrogen-bond donors (Lipinski definition) is 3. The molecule has 0 bridgehead atoms. The van der Waals surface area contributed by atoms with E-state index in [1.807, 2.05) is 10.7 Å². The summed E-state index contributed by atoms with van der Waals surface area (Å²) in [5, 5.41) is 34.6. The summed E-state index contributed by atoms with van der Waals surface area (Å²) >= 11 is 0. The molecule has 1 saturated heterocycles. The molecular formula is C23H27ClFN7O. The Kier molecular flexibility index (Phi) is 5.66. The maximum atomic E-state index is 13.8. The molecule has 0 unspecified atom stereocenters. The van der Waals surface area contributed by atoms with Crippen molar-refractivity contribution in [2.45, 2.75) is 57.7 Å². The first kappa shape index (κ1) is 23.1. The van der Waals surface area contributed by atoms with Crippen LogP contribution in [-0.2, 0) is 0 Å². The normalized spacial score (nSPS) is 17.7. The lowest BCUT2D eigenvalue weighted by molar-refractivity contribution is 0.128. The molecule has 4 heterocycles. The smallest absolute Gasteiger partial charge is 0.240 e. The summed E-state index contributed by atoms with van der Waals surface area (Å²) in [4.78, 5) is 0. The third kappa shape index (κ3) is 4.30. The number of hydrogen-bond acceptors (Lipinski definition) is 6. The topological polar surface area (TPSA) is 105 Å². The van der Waals surface area contributed by atoms with E-state index in [0.29, 0.717) is 22.4 Å². The first-order valence-electron chi connectivity index (χ1n) is 10.7. The second kappa shape index (κ2) is 8.07. The number of nitrogens with one attached hydrogen (secondary N) is 2. The van der Waals surface area contributed by atoms with E-state index < -0.39 is 5.95 Å². The number of benzene rings is 1. The number of fused-ring (bicyclic) bond motifs is 1. The van der Waals surface area contributed by atoms with Crippen LogP contribution in [0.2, 0.25) is 0 Å². The van der Waals surface area contributed by atoms with Crippen LogP contribution in [0.1, 0.15) is 46.6 Å². The van der Waals surface area contributed by atoms with Gasteiger partial charge in [-0.1, -0.05) is 6.07 Å². The zero-order chi connectivity index (χ0) is 22.7. The van der Waals surface area contributed by atoms with Crippen molar-refractivity contribution in [1.29, 1.82) is 0 Å². The molecule has 1 aromatic carbocycles. The lowest BCUT2D eigenvalue weighted by Crippen LogP contribution is -2.58. The number of aromatic nitrogens is 6. The number of phenolic OH excluding ortho intramolecular Hbond substituents is 1.